The first-order valence-electron chi connectivity index (χ1n) is 7.58. The van der Waals surface area contributed by atoms with Crippen molar-refractivity contribution in [1.29, 1.82) is 0 Å². The monoisotopic (exact) mass is 248 g/mol. The van der Waals surface area contributed by atoms with Crippen LogP contribution in [0.5, 0.6) is 0 Å². The van der Waals surface area contributed by atoms with Gasteiger partial charge in [0.2, 0.25) is 0 Å². The van der Waals surface area contributed by atoms with E-state index in [1.165, 1.54) is 44.1 Å². The largest absolute Gasteiger partial charge is 0.366 e. The van der Waals surface area contributed by atoms with Crippen LogP contribution in [0.2, 0.25) is 0 Å². The number of epoxide rings is 2. The van der Waals surface area contributed by atoms with Crippen LogP contribution in [0.25, 0.3) is 0 Å². The average Bonchev–Trinajstić information content (AvgIpc) is 3.19. The highest BCUT2D eigenvalue weighted by molar-refractivity contribution is 5.24. The Balaban J connectivity index is 1.50. The molecule has 0 aromatic carbocycles. The van der Waals surface area contributed by atoms with Gasteiger partial charge in [-0.15, -0.1) is 0 Å². The molecule has 0 aromatic heterocycles. The molecule has 100 valence electrons. The normalized spacial score (nSPS) is 57.4. The Bertz CT molecular complexity index is 368. The molecule has 0 aromatic rings. The third-order valence-corrected chi connectivity index (χ3v) is 5.94. The van der Waals surface area contributed by atoms with Crippen LogP contribution in [-0.2, 0) is 9.47 Å². The van der Waals surface area contributed by atoms with Crippen molar-refractivity contribution >= 4 is 0 Å². The van der Waals surface area contributed by atoms with E-state index in [1.807, 2.05) is 0 Å². The summed E-state index contributed by atoms with van der Waals surface area (Å²) in [4.78, 5) is 0. The van der Waals surface area contributed by atoms with Crippen molar-refractivity contribution in [3.05, 3.63) is 12.2 Å². The van der Waals surface area contributed by atoms with E-state index in [0.717, 1.165) is 0 Å². The number of fused-ring (bicyclic) bond motifs is 2. The Labute approximate surface area is 110 Å². The molecule has 4 fully saturated rings. The van der Waals surface area contributed by atoms with Gasteiger partial charge in [-0.2, -0.15) is 0 Å². The lowest BCUT2D eigenvalue weighted by Gasteiger charge is -2.31. The molecule has 0 spiro atoms. The predicted molar refractivity (Wildman–Crippen MR) is 70.4 cm³/mol. The van der Waals surface area contributed by atoms with Gasteiger partial charge in [-0.1, -0.05) is 12.2 Å². The van der Waals surface area contributed by atoms with Gasteiger partial charge in [0.1, 0.15) is 0 Å². The number of ether oxygens (including phenoxy) is 2. The minimum atomic E-state index is 0.189. The molecular weight excluding hydrogens is 224 g/mol. The van der Waals surface area contributed by atoms with Gasteiger partial charge in [-0.25, -0.2) is 0 Å². The molecule has 0 N–H and O–H groups in total. The molecule has 6 unspecified atom stereocenters. The van der Waals surface area contributed by atoms with Gasteiger partial charge in [0.05, 0.1) is 23.4 Å². The molecule has 0 radical (unpaired) electrons. The third kappa shape index (κ3) is 1.48. The summed E-state index contributed by atoms with van der Waals surface area (Å²) in [6.07, 6.45) is 8.56. The predicted octanol–water partition coefficient (Wildman–Crippen LogP) is 3.46. The second-order valence-corrected chi connectivity index (χ2v) is 7.27. The van der Waals surface area contributed by atoms with Crippen molar-refractivity contribution in [3.8, 4) is 0 Å². The summed E-state index contributed by atoms with van der Waals surface area (Å²) in [7, 11) is 0. The maximum absolute atomic E-state index is 5.96. The van der Waals surface area contributed by atoms with Crippen LogP contribution in [-0.4, -0.2) is 23.4 Å². The zero-order valence-corrected chi connectivity index (χ0v) is 11.6. The van der Waals surface area contributed by atoms with E-state index in [0.29, 0.717) is 24.0 Å². The molecule has 0 bridgehead atoms. The first-order chi connectivity index (χ1) is 8.54. The molecule has 2 aliphatic heterocycles. The van der Waals surface area contributed by atoms with Gasteiger partial charge in [0.15, 0.2) is 0 Å². The minimum absolute atomic E-state index is 0.189. The summed E-state index contributed by atoms with van der Waals surface area (Å²) < 4.78 is 11.9. The first-order valence-corrected chi connectivity index (χ1v) is 7.58. The fourth-order valence-electron chi connectivity index (χ4n) is 4.61. The highest BCUT2D eigenvalue weighted by Crippen LogP contribution is 2.58. The molecular formula is C16H24O2. The molecule has 4 rings (SSSR count). The van der Waals surface area contributed by atoms with E-state index in [1.54, 1.807) is 0 Å². The summed E-state index contributed by atoms with van der Waals surface area (Å²) in [5.41, 5.74) is 1.82. The van der Waals surface area contributed by atoms with Crippen LogP contribution in [0, 0.1) is 11.8 Å². The number of hydrogen-bond donors (Lipinski definition) is 0. The van der Waals surface area contributed by atoms with Crippen molar-refractivity contribution in [2.75, 3.05) is 0 Å². The molecule has 2 nitrogen and oxygen atoms in total. The lowest BCUT2D eigenvalue weighted by atomic mass is 9.70. The van der Waals surface area contributed by atoms with Gasteiger partial charge in [0.25, 0.3) is 0 Å². The van der Waals surface area contributed by atoms with E-state index in [2.05, 4.69) is 20.4 Å². The van der Waals surface area contributed by atoms with Crippen LogP contribution < -0.4 is 0 Å². The fraction of sp³-hybridized carbons (Fsp3) is 0.875. The van der Waals surface area contributed by atoms with Crippen molar-refractivity contribution in [1.82, 2.24) is 0 Å². The second-order valence-electron chi connectivity index (χ2n) is 7.27. The Hall–Kier alpha value is -0.340. The van der Waals surface area contributed by atoms with E-state index >= 15 is 0 Å². The molecule has 0 amide bonds. The summed E-state index contributed by atoms with van der Waals surface area (Å²) in [5.74, 6) is 1.19. The molecule has 4 aliphatic rings. The van der Waals surface area contributed by atoms with Crippen LogP contribution in [0.15, 0.2) is 12.2 Å². The van der Waals surface area contributed by atoms with Crippen molar-refractivity contribution in [2.45, 2.75) is 75.8 Å². The Morgan fingerprint density at radius 3 is 1.83 bits per heavy atom. The first kappa shape index (κ1) is 11.5. The Morgan fingerprint density at radius 2 is 1.39 bits per heavy atom. The molecule has 2 aliphatic carbocycles. The minimum Gasteiger partial charge on any atom is -0.366 e. The Kier molecular flexibility index (Phi) is 2.17. The molecule has 18 heavy (non-hydrogen) atoms. The number of rotatable bonds is 2. The van der Waals surface area contributed by atoms with Crippen LogP contribution in [0.4, 0.5) is 0 Å². The maximum atomic E-state index is 5.96. The van der Waals surface area contributed by atoms with E-state index in [9.17, 15) is 0 Å². The number of hydrogen-bond acceptors (Lipinski definition) is 2. The SMILES string of the molecule is C=C(C1CCCC2(C)OC12)C1CCCC2(C)OC12. The summed E-state index contributed by atoms with van der Waals surface area (Å²) in [6.45, 7) is 9.01. The average molecular weight is 248 g/mol. The Morgan fingerprint density at radius 1 is 0.944 bits per heavy atom. The van der Waals surface area contributed by atoms with Gasteiger partial charge in [-0.3, -0.25) is 0 Å². The lowest BCUT2D eigenvalue weighted by Crippen LogP contribution is -2.32. The molecule has 2 heterocycles. The standard InChI is InChI=1S/C16H24O2/c1-10(11-6-4-8-15(2)13(11)17-15)12-7-5-9-16(3)14(12)18-16/h11-14H,1,4-9H2,2-3H3. The van der Waals surface area contributed by atoms with E-state index in [-0.39, 0.29) is 11.2 Å². The van der Waals surface area contributed by atoms with Gasteiger partial charge < -0.3 is 9.47 Å². The van der Waals surface area contributed by atoms with Crippen molar-refractivity contribution in [2.24, 2.45) is 11.8 Å². The molecule has 2 heteroatoms. The van der Waals surface area contributed by atoms with E-state index in [4.69, 9.17) is 9.47 Å². The highest BCUT2D eigenvalue weighted by atomic mass is 16.6. The summed E-state index contributed by atoms with van der Waals surface area (Å²) >= 11 is 0. The fourth-order valence-corrected chi connectivity index (χ4v) is 4.61. The second kappa shape index (κ2) is 3.40. The summed E-state index contributed by atoms with van der Waals surface area (Å²) in [6, 6.07) is 0. The van der Waals surface area contributed by atoms with Crippen molar-refractivity contribution < 1.29 is 9.47 Å². The third-order valence-electron chi connectivity index (χ3n) is 5.94. The summed E-state index contributed by atoms with van der Waals surface area (Å²) in [5, 5.41) is 0. The molecule has 6 atom stereocenters. The van der Waals surface area contributed by atoms with Crippen LogP contribution in [0.1, 0.15) is 52.4 Å². The zero-order chi connectivity index (χ0) is 12.5. The quantitative estimate of drug-likeness (QED) is 0.552. The van der Waals surface area contributed by atoms with Crippen LogP contribution in [0.3, 0.4) is 0 Å². The topological polar surface area (TPSA) is 25.1 Å². The zero-order valence-electron chi connectivity index (χ0n) is 11.6. The molecule has 2 saturated carbocycles. The van der Waals surface area contributed by atoms with Gasteiger partial charge in [0, 0.05) is 11.8 Å². The van der Waals surface area contributed by atoms with Gasteiger partial charge in [-0.05, 0) is 52.4 Å². The van der Waals surface area contributed by atoms with Crippen molar-refractivity contribution in [3.63, 3.8) is 0 Å². The molecule has 2 saturated heterocycles. The van der Waals surface area contributed by atoms with Gasteiger partial charge >= 0.3 is 0 Å². The van der Waals surface area contributed by atoms with E-state index < -0.39 is 0 Å². The highest BCUT2D eigenvalue weighted by Gasteiger charge is 2.62. The van der Waals surface area contributed by atoms with Crippen LogP contribution >= 0.6 is 0 Å². The smallest absolute Gasteiger partial charge is 0.0935 e. The maximum Gasteiger partial charge on any atom is 0.0935 e. The lowest BCUT2D eigenvalue weighted by molar-refractivity contribution is 0.289.